The fourth-order valence-corrected chi connectivity index (χ4v) is 2.94. The maximum Gasteiger partial charge on any atom is 0.435 e. The number of ether oxygens (including phenoxy) is 1. The summed E-state index contributed by atoms with van der Waals surface area (Å²) < 4.78 is 51.8. The van der Waals surface area contributed by atoms with Gasteiger partial charge in [0.25, 0.3) is 0 Å². The fourth-order valence-electron chi connectivity index (χ4n) is 2.94. The SMILES string of the molecule is COc1cc(Nc2cc(C(F)(F)F)nn3cc(C)nc23)ccc1-c1cnc(C)o1. The Labute approximate surface area is 163 Å². The third kappa shape index (κ3) is 3.60. The molecule has 0 bridgehead atoms. The van der Waals surface area contributed by atoms with Gasteiger partial charge in [0, 0.05) is 18.7 Å². The zero-order valence-electron chi connectivity index (χ0n) is 15.7. The number of nitrogens with zero attached hydrogens (tertiary/aromatic N) is 4. The molecular formula is C19H16F3N5O2. The summed E-state index contributed by atoms with van der Waals surface area (Å²) in [5.41, 5.74) is 1.17. The standard InChI is InChI=1S/C19H16F3N5O2/c1-10-9-27-18(24-10)14(7-17(26-27)19(20,21)22)25-12-4-5-13(15(6-12)28-3)16-8-23-11(2)29-16/h4-9,25H,1-3H3. The highest BCUT2D eigenvalue weighted by Crippen LogP contribution is 2.35. The van der Waals surface area contributed by atoms with Crippen LogP contribution in [0.1, 0.15) is 17.3 Å². The van der Waals surface area contributed by atoms with E-state index >= 15 is 0 Å². The Bertz CT molecular complexity index is 1200. The van der Waals surface area contributed by atoms with Crippen LogP contribution in [-0.4, -0.2) is 26.7 Å². The Balaban J connectivity index is 1.76. The van der Waals surface area contributed by atoms with Gasteiger partial charge in [0.15, 0.2) is 23.0 Å². The number of aromatic nitrogens is 4. The van der Waals surface area contributed by atoms with Gasteiger partial charge >= 0.3 is 6.18 Å². The van der Waals surface area contributed by atoms with E-state index in [1.54, 1.807) is 38.2 Å². The molecular weight excluding hydrogens is 387 g/mol. The molecule has 1 N–H and O–H groups in total. The predicted molar refractivity (Wildman–Crippen MR) is 99.2 cm³/mol. The number of imidazole rings is 1. The van der Waals surface area contributed by atoms with Gasteiger partial charge in [0.1, 0.15) is 5.75 Å². The van der Waals surface area contributed by atoms with Crippen LogP contribution in [-0.2, 0) is 6.18 Å². The maximum atomic E-state index is 13.2. The second-order valence-electron chi connectivity index (χ2n) is 6.38. The van der Waals surface area contributed by atoms with Crippen LogP contribution >= 0.6 is 0 Å². The summed E-state index contributed by atoms with van der Waals surface area (Å²) in [6, 6.07) is 6.03. The number of hydrogen-bond donors (Lipinski definition) is 1. The molecule has 10 heteroatoms. The van der Waals surface area contributed by atoms with Crippen LogP contribution < -0.4 is 10.1 Å². The second-order valence-corrected chi connectivity index (χ2v) is 6.38. The number of oxazole rings is 1. The number of alkyl halides is 3. The molecule has 3 aromatic heterocycles. The lowest BCUT2D eigenvalue weighted by Crippen LogP contribution is -2.12. The van der Waals surface area contributed by atoms with E-state index in [1.807, 2.05) is 0 Å². The van der Waals surface area contributed by atoms with Gasteiger partial charge in [-0.1, -0.05) is 0 Å². The van der Waals surface area contributed by atoms with Crippen molar-refractivity contribution < 1.29 is 22.3 Å². The number of nitrogens with one attached hydrogen (secondary N) is 1. The van der Waals surface area contributed by atoms with Crippen molar-refractivity contribution in [1.82, 2.24) is 19.6 Å². The molecule has 0 amide bonds. The monoisotopic (exact) mass is 403 g/mol. The molecule has 4 aromatic rings. The van der Waals surface area contributed by atoms with Crippen LogP contribution in [0.5, 0.6) is 5.75 Å². The number of benzene rings is 1. The summed E-state index contributed by atoms with van der Waals surface area (Å²) >= 11 is 0. The highest BCUT2D eigenvalue weighted by Gasteiger charge is 2.34. The number of halogens is 3. The summed E-state index contributed by atoms with van der Waals surface area (Å²) in [5.74, 6) is 1.52. The minimum atomic E-state index is -4.59. The van der Waals surface area contributed by atoms with Gasteiger partial charge in [-0.2, -0.15) is 18.3 Å². The van der Waals surface area contributed by atoms with Gasteiger partial charge in [-0.25, -0.2) is 14.5 Å². The molecule has 0 fully saturated rings. The van der Waals surface area contributed by atoms with Gasteiger partial charge < -0.3 is 14.5 Å². The third-order valence-electron chi connectivity index (χ3n) is 4.20. The van der Waals surface area contributed by atoms with Crippen molar-refractivity contribution in [2.24, 2.45) is 0 Å². The minimum absolute atomic E-state index is 0.172. The molecule has 0 radical (unpaired) electrons. The van der Waals surface area contributed by atoms with Crippen molar-refractivity contribution in [1.29, 1.82) is 0 Å². The normalized spacial score (nSPS) is 11.8. The quantitative estimate of drug-likeness (QED) is 0.529. The van der Waals surface area contributed by atoms with E-state index in [0.717, 1.165) is 10.6 Å². The highest BCUT2D eigenvalue weighted by molar-refractivity contribution is 5.77. The topological polar surface area (TPSA) is 77.5 Å². The molecule has 3 heterocycles. The van der Waals surface area contributed by atoms with Crippen LogP contribution in [0.4, 0.5) is 24.5 Å². The molecule has 4 rings (SSSR count). The van der Waals surface area contributed by atoms with Crippen molar-refractivity contribution in [3.63, 3.8) is 0 Å². The Kier molecular flexibility index (Phi) is 4.40. The van der Waals surface area contributed by atoms with E-state index in [9.17, 15) is 13.2 Å². The van der Waals surface area contributed by atoms with E-state index in [0.29, 0.717) is 34.3 Å². The summed E-state index contributed by atoms with van der Waals surface area (Å²) in [6.07, 6.45) is -1.57. The number of aryl methyl sites for hydroxylation is 2. The summed E-state index contributed by atoms with van der Waals surface area (Å²) in [4.78, 5) is 8.32. The molecule has 7 nitrogen and oxygen atoms in total. The van der Waals surface area contributed by atoms with E-state index in [4.69, 9.17) is 9.15 Å². The maximum absolute atomic E-state index is 13.2. The molecule has 0 spiro atoms. The first-order valence-corrected chi connectivity index (χ1v) is 8.56. The second kappa shape index (κ2) is 6.80. The first kappa shape index (κ1) is 18.8. The average molecular weight is 403 g/mol. The largest absolute Gasteiger partial charge is 0.496 e. The minimum Gasteiger partial charge on any atom is -0.496 e. The Morgan fingerprint density at radius 1 is 1.17 bits per heavy atom. The molecule has 0 aliphatic heterocycles. The number of anilines is 2. The van der Waals surface area contributed by atoms with Crippen molar-refractivity contribution in [2.45, 2.75) is 20.0 Å². The molecule has 29 heavy (non-hydrogen) atoms. The molecule has 0 aliphatic carbocycles. The van der Waals surface area contributed by atoms with E-state index < -0.39 is 11.9 Å². The first-order chi connectivity index (χ1) is 13.7. The Hall–Kier alpha value is -3.56. The van der Waals surface area contributed by atoms with Gasteiger partial charge in [-0.3, -0.25) is 0 Å². The van der Waals surface area contributed by atoms with E-state index in [2.05, 4.69) is 20.4 Å². The van der Waals surface area contributed by atoms with Crippen LogP contribution in [0.15, 0.2) is 41.1 Å². The van der Waals surface area contributed by atoms with Crippen molar-refractivity contribution >= 4 is 17.0 Å². The van der Waals surface area contributed by atoms with Crippen LogP contribution in [0.2, 0.25) is 0 Å². The van der Waals surface area contributed by atoms with Gasteiger partial charge in [-0.05, 0) is 25.1 Å². The fraction of sp³-hybridized carbons (Fsp3) is 0.211. The number of hydrogen-bond acceptors (Lipinski definition) is 6. The molecule has 0 saturated heterocycles. The molecule has 150 valence electrons. The lowest BCUT2D eigenvalue weighted by Gasteiger charge is -2.13. The molecule has 0 saturated carbocycles. The average Bonchev–Trinajstić information content (AvgIpc) is 3.25. The lowest BCUT2D eigenvalue weighted by atomic mass is 10.1. The van der Waals surface area contributed by atoms with E-state index in [1.165, 1.54) is 13.3 Å². The third-order valence-corrected chi connectivity index (χ3v) is 4.20. The molecule has 0 atom stereocenters. The number of methoxy groups -OCH3 is 1. The predicted octanol–water partition coefficient (Wildman–Crippen LogP) is 4.77. The lowest BCUT2D eigenvalue weighted by molar-refractivity contribution is -0.141. The van der Waals surface area contributed by atoms with Gasteiger partial charge in [0.2, 0.25) is 0 Å². The Morgan fingerprint density at radius 3 is 2.62 bits per heavy atom. The Morgan fingerprint density at radius 2 is 1.97 bits per heavy atom. The van der Waals surface area contributed by atoms with Gasteiger partial charge in [-0.15, -0.1) is 0 Å². The highest BCUT2D eigenvalue weighted by atomic mass is 19.4. The summed E-state index contributed by atoms with van der Waals surface area (Å²) in [5, 5.41) is 6.59. The molecule has 1 aromatic carbocycles. The zero-order valence-corrected chi connectivity index (χ0v) is 15.7. The number of rotatable bonds is 4. The number of fused-ring (bicyclic) bond motifs is 1. The van der Waals surface area contributed by atoms with E-state index in [-0.39, 0.29) is 11.3 Å². The first-order valence-electron chi connectivity index (χ1n) is 8.56. The van der Waals surface area contributed by atoms with Crippen molar-refractivity contribution in [3.8, 4) is 17.1 Å². The zero-order chi connectivity index (χ0) is 20.8. The van der Waals surface area contributed by atoms with Crippen LogP contribution in [0.3, 0.4) is 0 Å². The summed E-state index contributed by atoms with van der Waals surface area (Å²) in [6.45, 7) is 3.41. The van der Waals surface area contributed by atoms with Gasteiger partial charge in [0.05, 0.1) is 36.4 Å². The molecule has 0 aliphatic rings. The van der Waals surface area contributed by atoms with Crippen LogP contribution in [0.25, 0.3) is 17.0 Å². The van der Waals surface area contributed by atoms with Crippen molar-refractivity contribution in [3.05, 3.63) is 53.9 Å². The smallest absolute Gasteiger partial charge is 0.435 e. The summed E-state index contributed by atoms with van der Waals surface area (Å²) in [7, 11) is 1.50. The van der Waals surface area contributed by atoms with Crippen LogP contribution in [0, 0.1) is 13.8 Å². The molecule has 0 unspecified atom stereocenters. The van der Waals surface area contributed by atoms with Crippen molar-refractivity contribution in [2.75, 3.05) is 12.4 Å².